The molecule has 0 saturated heterocycles. The van der Waals surface area contributed by atoms with Crippen molar-refractivity contribution in [3.63, 3.8) is 0 Å². The zero-order valence-corrected chi connectivity index (χ0v) is 12.6. The number of anilines is 1. The lowest BCUT2D eigenvalue weighted by molar-refractivity contribution is 0.0696. The van der Waals surface area contributed by atoms with Crippen molar-refractivity contribution in [2.24, 2.45) is 0 Å². The summed E-state index contributed by atoms with van der Waals surface area (Å²) in [5.74, 6) is -0.976. The van der Waals surface area contributed by atoms with Gasteiger partial charge in [-0.05, 0) is 17.0 Å². The van der Waals surface area contributed by atoms with Crippen LogP contribution in [0.3, 0.4) is 0 Å². The molecule has 0 aliphatic rings. The molecule has 20 heavy (non-hydrogen) atoms. The van der Waals surface area contributed by atoms with Crippen LogP contribution in [-0.2, 0) is 12.0 Å². The molecule has 2 aromatic rings. The van der Waals surface area contributed by atoms with Gasteiger partial charge < -0.3 is 10.4 Å². The van der Waals surface area contributed by atoms with E-state index in [0.717, 1.165) is 22.7 Å². The topological polar surface area (TPSA) is 62.2 Å². The number of nitrogens with one attached hydrogen (secondary N) is 1. The summed E-state index contributed by atoms with van der Waals surface area (Å²) in [5.41, 5.74) is 3.09. The summed E-state index contributed by atoms with van der Waals surface area (Å²) in [7, 11) is 0. The molecule has 2 N–H and O–H groups in total. The van der Waals surface area contributed by atoms with E-state index in [1.54, 1.807) is 5.38 Å². The summed E-state index contributed by atoms with van der Waals surface area (Å²) in [6.07, 6.45) is 0. The number of para-hydroxylation sites is 1. The lowest BCUT2D eigenvalue weighted by Crippen LogP contribution is -2.14. The highest BCUT2D eigenvalue weighted by Crippen LogP contribution is 2.29. The number of carbonyl (C=O) groups is 1. The summed E-state index contributed by atoms with van der Waals surface area (Å²) < 4.78 is 0. The molecule has 5 heteroatoms. The maximum atomic E-state index is 10.8. The fourth-order valence-electron chi connectivity index (χ4n) is 1.96. The number of carboxylic acid groups (broad SMARTS) is 1. The Balaban J connectivity index is 2.13. The van der Waals surface area contributed by atoms with Crippen LogP contribution in [0.15, 0.2) is 29.6 Å². The second kappa shape index (κ2) is 5.63. The van der Waals surface area contributed by atoms with Gasteiger partial charge in [-0.3, -0.25) is 0 Å². The van der Waals surface area contributed by atoms with Crippen LogP contribution in [0, 0.1) is 0 Å². The van der Waals surface area contributed by atoms with Crippen LogP contribution in [0.2, 0.25) is 0 Å². The molecule has 1 heterocycles. The summed E-state index contributed by atoms with van der Waals surface area (Å²) in [4.78, 5) is 14.9. The highest BCUT2D eigenvalue weighted by atomic mass is 32.1. The van der Waals surface area contributed by atoms with E-state index in [2.05, 4.69) is 37.1 Å². The number of hydrogen-bond donors (Lipinski definition) is 2. The predicted molar refractivity (Wildman–Crippen MR) is 81.5 cm³/mol. The summed E-state index contributed by atoms with van der Waals surface area (Å²) in [6.45, 7) is 7.02. The first kappa shape index (κ1) is 14.5. The fourth-order valence-corrected chi connectivity index (χ4v) is 2.62. The van der Waals surface area contributed by atoms with E-state index in [-0.39, 0.29) is 10.4 Å². The van der Waals surface area contributed by atoms with Crippen LogP contribution in [0.25, 0.3) is 0 Å². The van der Waals surface area contributed by atoms with Crippen molar-refractivity contribution >= 4 is 23.0 Å². The third-order valence-electron chi connectivity index (χ3n) is 2.93. The number of rotatable bonds is 4. The van der Waals surface area contributed by atoms with E-state index < -0.39 is 5.97 Å². The van der Waals surface area contributed by atoms with Gasteiger partial charge in [0.05, 0.1) is 12.2 Å². The molecule has 106 valence electrons. The number of nitrogens with zero attached hydrogens (tertiary/aromatic N) is 1. The van der Waals surface area contributed by atoms with Gasteiger partial charge in [-0.15, -0.1) is 11.3 Å². The minimum absolute atomic E-state index is 0.0535. The Kier molecular flexibility index (Phi) is 4.09. The van der Waals surface area contributed by atoms with E-state index >= 15 is 0 Å². The molecule has 0 atom stereocenters. The van der Waals surface area contributed by atoms with Crippen LogP contribution in [0.4, 0.5) is 5.69 Å². The standard InChI is InChI=1S/C15H18N2O2S/c1-15(2,3)11-6-4-5-7-12(11)16-8-10-9-20-13(17-10)14(18)19/h4-7,9,16H,8H2,1-3H3,(H,18,19). The van der Waals surface area contributed by atoms with Gasteiger partial charge in [0.2, 0.25) is 5.01 Å². The van der Waals surface area contributed by atoms with Gasteiger partial charge in [0.15, 0.2) is 0 Å². The average molecular weight is 290 g/mol. The molecule has 0 radical (unpaired) electrons. The van der Waals surface area contributed by atoms with Crippen LogP contribution in [-0.4, -0.2) is 16.1 Å². The number of aromatic nitrogens is 1. The highest BCUT2D eigenvalue weighted by Gasteiger charge is 2.17. The van der Waals surface area contributed by atoms with Gasteiger partial charge in [-0.1, -0.05) is 39.0 Å². The second-order valence-corrected chi connectivity index (χ2v) is 6.46. The van der Waals surface area contributed by atoms with Crippen molar-refractivity contribution < 1.29 is 9.90 Å². The smallest absolute Gasteiger partial charge is 0.365 e. The SMILES string of the molecule is CC(C)(C)c1ccccc1NCc1csc(C(=O)O)n1. The lowest BCUT2D eigenvalue weighted by Gasteiger charge is -2.23. The Hall–Kier alpha value is -1.88. The maximum absolute atomic E-state index is 10.8. The van der Waals surface area contributed by atoms with Crippen LogP contribution in [0.1, 0.15) is 41.8 Å². The molecule has 0 amide bonds. The Morgan fingerprint density at radius 2 is 2.05 bits per heavy atom. The van der Waals surface area contributed by atoms with Crippen molar-refractivity contribution in [1.29, 1.82) is 0 Å². The van der Waals surface area contributed by atoms with E-state index in [1.165, 1.54) is 5.56 Å². The molecule has 0 aliphatic carbocycles. The first-order valence-corrected chi connectivity index (χ1v) is 7.27. The quantitative estimate of drug-likeness (QED) is 0.900. The zero-order chi connectivity index (χ0) is 14.8. The van der Waals surface area contributed by atoms with Crippen molar-refractivity contribution in [2.75, 3.05) is 5.32 Å². The number of aromatic carboxylic acids is 1. The Bertz CT molecular complexity index is 614. The number of hydrogen-bond acceptors (Lipinski definition) is 4. The summed E-state index contributed by atoms with van der Waals surface area (Å²) in [6, 6.07) is 8.15. The molecule has 0 fully saturated rings. The second-order valence-electron chi connectivity index (χ2n) is 5.60. The maximum Gasteiger partial charge on any atom is 0.365 e. The fraction of sp³-hybridized carbons (Fsp3) is 0.333. The third kappa shape index (κ3) is 3.36. The molecule has 2 rings (SSSR count). The molecule has 0 bridgehead atoms. The van der Waals surface area contributed by atoms with Gasteiger partial charge in [0.25, 0.3) is 0 Å². The van der Waals surface area contributed by atoms with Gasteiger partial charge in [-0.25, -0.2) is 9.78 Å². The van der Waals surface area contributed by atoms with E-state index in [0.29, 0.717) is 6.54 Å². The zero-order valence-electron chi connectivity index (χ0n) is 11.8. The van der Waals surface area contributed by atoms with E-state index in [9.17, 15) is 4.79 Å². The van der Waals surface area contributed by atoms with Crippen molar-refractivity contribution in [3.05, 3.63) is 45.9 Å². The average Bonchev–Trinajstić information content (AvgIpc) is 2.84. The number of carboxylic acids is 1. The molecule has 1 aromatic heterocycles. The van der Waals surface area contributed by atoms with Gasteiger partial charge in [0, 0.05) is 11.1 Å². The van der Waals surface area contributed by atoms with E-state index in [4.69, 9.17) is 5.11 Å². The van der Waals surface area contributed by atoms with Crippen molar-refractivity contribution in [2.45, 2.75) is 32.7 Å². The van der Waals surface area contributed by atoms with Crippen LogP contribution < -0.4 is 5.32 Å². The van der Waals surface area contributed by atoms with Gasteiger partial charge in [-0.2, -0.15) is 0 Å². The number of thiazole rings is 1. The largest absolute Gasteiger partial charge is 0.476 e. The minimum Gasteiger partial charge on any atom is -0.476 e. The van der Waals surface area contributed by atoms with Crippen LogP contribution >= 0.6 is 11.3 Å². The number of benzene rings is 1. The molecule has 0 aliphatic heterocycles. The molecule has 4 nitrogen and oxygen atoms in total. The van der Waals surface area contributed by atoms with Crippen LogP contribution in [0.5, 0.6) is 0 Å². The normalized spacial score (nSPS) is 11.3. The van der Waals surface area contributed by atoms with Gasteiger partial charge in [0.1, 0.15) is 0 Å². The third-order valence-corrected chi connectivity index (χ3v) is 3.81. The predicted octanol–water partition coefficient (Wildman–Crippen LogP) is 3.75. The molecular formula is C15H18N2O2S. The molecule has 0 saturated carbocycles. The lowest BCUT2D eigenvalue weighted by atomic mass is 9.86. The van der Waals surface area contributed by atoms with Crippen molar-refractivity contribution in [3.8, 4) is 0 Å². The minimum atomic E-state index is -0.976. The Labute approximate surface area is 122 Å². The summed E-state index contributed by atoms with van der Waals surface area (Å²) >= 11 is 1.15. The van der Waals surface area contributed by atoms with Gasteiger partial charge >= 0.3 is 5.97 Å². The van der Waals surface area contributed by atoms with E-state index in [1.807, 2.05) is 18.2 Å². The Morgan fingerprint density at radius 1 is 1.35 bits per heavy atom. The Morgan fingerprint density at radius 3 is 2.65 bits per heavy atom. The van der Waals surface area contributed by atoms with Crippen molar-refractivity contribution in [1.82, 2.24) is 4.98 Å². The molecule has 1 aromatic carbocycles. The first-order valence-electron chi connectivity index (χ1n) is 6.39. The molecular weight excluding hydrogens is 272 g/mol. The molecule has 0 unspecified atom stereocenters. The highest BCUT2D eigenvalue weighted by molar-refractivity contribution is 7.11. The molecule has 0 spiro atoms. The monoisotopic (exact) mass is 290 g/mol. The first-order chi connectivity index (χ1) is 9.38. The summed E-state index contributed by atoms with van der Waals surface area (Å²) in [5, 5.41) is 14.1.